The van der Waals surface area contributed by atoms with E-state index in [1.54, 1.807) is 11.8 Å². The average Bonchev–Trinajstić information content (AvgIpc) is 2.31. The minimum Gasteiger partial charge on any atom is -0.481 e. The van der Waals surface area contributed by atoms with Gasteiger partial charge in [0, 0.05) is 17.7 Å². The van der Waals surface area contributed by atoms with E-state index in [-0.39, 0.29) is 17.6 Å². The van der Waals surface area contributed by atoms with E-state index in [4.69, 9.17) is 10.2 Å². The van der Waals surface area contributed by atoms with E-state index in [1.807, 2.05) is 20.1 Å². The molecule has 1 atom stereocenters. The molecule has 4 N–H and O–H groups in total. The van der Waals surface area contributed by atoms with Gasteiger partial charge < -0.3 is 20.8 Å². The zero-order valence-corrected chi connectivity index (χ0v) is 12.0. The van der Waals surface area contributed by atoms with E-state index in [0.29, 0.717) is 6.54 Å². The number of amides is 2. The Morgan fingerprint density at radius 1 is 1.26 bits per heavy atom. The van der Waals surface area contributed by atoms with Gasteiger partial charge in [-0.05, 0) is 26.5 Å². The fourth-order valence-electron chi connectivity index (χ4n) is 1.10. The lowest BCUT2D eigenvalue weighted by atomic mass is 10.1. The third-order valence-corrected chi connectivity index (χ3v) is 3.73. The number of nitrogens with one attached hydrogen (secondary N) is 2. The van der Waals surface area contributed by atoms with Crippen LogP contribution in [-0.4, -0.2) is 51.8 Å². The second-order valence-electron chi connectivity index (χ2n) is 4.61. The number of aliphatic carboxylic acids is 2. The summed E-state index contributed by atoms with van der Waals surface area (Å²) in [5.41, 5.74) is 0. The van der Waals surface area contributed by atoms with Crippen LogP contribution in [0.15, 0.2) is 0 Å². The zero-order chi connectivity index (χ0) is 15.1. The predicted octanol–water partition coefficient (Wildman–Crippen LogP) is 0.745. The van der Waals surface area contributed by atoms with Crippen LogP contribution in [0.25, 0.3) is 0 Å². The average molecular weight is 292 g/mol. The number of thioether (sulfide) groups is 1. The molecule has 0 aromatic heterocycles. The molecule has 0 rings (SSSR count). The molecule has 0 bridgehead atoms. The fraction of sp³-hybridized carbons (Fsp3) is 0.727. The second kappa shape index (κ2) is 7.88. The number of hydrogen-bond donors (Lipinski definition) is 4. The number of hydrogen-bond acceptors (Lipinski definition) is 4. The molecule has 0 saturated carbocycles. The first kappa shape index (κ1) is 17.6. The van der Waals surface area contributed by atoms with Crippen molar-refractivity contribution in [2.75, 3.05) is 12.8 Å². The van der Waals surface area contributed by atoms with Gasteiger partial charge in [0.1, 0.15) is 6.04 Å². The summed E-state index contributed by atoms with van der Waals surface area (Å²) >= 11 is 1.57. The van der Waals surface area contributed by atoms with E-state index < -0.39 is 24.0 Å². The highest BCUT2D eigenvalue weighted by atomic mass is 32.2. The number of urea groups is 1. The molecule has 2 amide bonds. The summed E-state index contributed by atoms with van der Waals surface area (Å²) < 4.78 is -0.156. The molecule has 0 fully saturated rings. The SMILES string of the molecule is CSC(C)(C)CNC(=O)NC(CCC(=O)O)C(=O)O. The summed E-state index contributed by atoms with van der Waals surface area (Å²) in [6.45, 7) is 4.26. The Bertz CT molecular complexity index is 346. The molecular weight excluding hydrogens is 272 g/mol. The van der Waals surface area contributed by atoms with Gasteiger partial charge in [-0.1, -0.05) is 0 Å². The van der Waals surface area contributed by atoms with Crippen molar-refractivity contribution in [2.24, 2.45) is 0 Å². The van der Waals surface area contributed by atoms with E-state index in [9.17, 15) is 14.4 Å². The molecule has 0 spiro atoms. The van der Waals surface area contributed by atoms with Crippen molar-refractivity contribution in [1.82, 2.24) is 10.6 Å². The standard InChI is InChI=1S/C11H20N2O5S/c1-11(2,19-3)6-12-10(18)13-7(9(16)17)4-5-8(14)15/h7H,4-6H2,1-3H3,(H,14,15)(H,16,17)(H2,12,13,18). The fourth-order valence-corrected chi connectivity index (χ4v) is 1.32. The number of carboxylic acids is 2. The highest BCUT2D eigenvalue weighted by Gasteiger charge is 2.22. The third-order valence-electron chi connectivity index (χ3n) is 2.48. The van der Waals surface area contributed by atoms with Crippen LogP contribution in [0.4, 0.5) is 4.79 Å². The van der Waals surface area contributed by atoms with Crippen molar-refractivity contribution >= 4 is 29.7 Å². The van der Waals surface area contributed by atoms with Crippen LogP contribution in [0.5, 0.6) is 0 Å². The van der Waals surface area contributed by atoms with Gasteiger partial charge in [-0.3, -0.25) is 4.79 Å². The molecule has 0 aliphatic heterocycles. The molecule has 0 aromatic carbocycles. The van der Waals surface area contributed by atoms with Crippen LogP contribution in [0.2, 0.25) is 0 Å². The first-order valence-corrected chi connectivity index (χ1v) is 6.94. The lowest BCUT2D eigenvalue weighted by Gasteiger charge is -2.23. The second-order valence-corrected chi connectivity index (χ2v) is 6.13. The normalized spacial score (nSPS) is 12.6. The van der Waals surface area contributed by atoms with Crippen molar-refractivity contribution < 1.29 is 24.6 Å². The van der Waals surface area contributed by atoms with Gasteiger partial charge in [-0.25, -0.2) is 9.59 Å². The number of carbonyl (C=O) groups excluding carboxylic acids is 1. The Kier molecular flexibility index (Phi) is 7.28. The molecule has 0 aliphatic rings. The van der Waals surface area contributed by atoms with E-state index in [1.165, 1.54) is 0 Å². The first-order valence-electron chi connectivity index (χ1n) is 5.72. The van der Waals surface area contributed by atoms with Crippen molar-refractivity contribution in [2.45, 2.75) is 37.5 Å². The van der Waals surface area contributed by atoms with Crippen molar-refractivity contribution in [3.05, 3.63) is 0 Å². The Labute approximate surface area is 116 Å². The maximum Gasteiger partial charge on any atom is 0.326 e. The zero-order valence-electron chi connectivity index (χ0n) is 11.2. The van der Waals surface area contributed by atoms with Gasteiger partial charge >= 0.3 is 18.0 Å². The smallest absolute Gasteiger partial charge is 0.326 e. The molecule has 0 saturated heterocycles. The Hall–Kier alpha value is -1.44. The quantitative estimate of drug-likeness (QED) is 0.524. The van der Waals surface area contributed by atoms with Gasteiger partial charge in [0.25, 0.3) is 0 Å². The Morgan fingerprint density at radius 2 is 1.84 bits per heavy atom. The van der Waals surface area contributed by atoms with Gasteiger partial charge in [0.05, 0.1) is 0 Å². The predicted molar refractivity (Wildman–Crippen MR) is 72.4 cm³/mol. The molecule has 0 radical (unpaired) electrons. The van der Waals surface area contributed by atoms with Crippen LogP contribution in [-0.2, 0) is 9.59 Å². The van der Waals surface area contributed by atoms with Crippen LogP contribution in [0.1, 0.15) is 26.7 Å². The summed E-state index contributed by atoms with van der Waals surface area (Å²) in [5.74, 6) is -2.35. The largest absolute Gasteiger partial charge is 0.481 e. The molecule has 1 unspecified atom stereocenters. The molecule has 0 aromatic rings. The van der Waals surface area contributed by atoms with Crippen LogP contribution < -0.4 is 10.6 Å². The molecular formula is C11H20N2O5S. The number of carbonyl (C=O) groups is 3. The summed E-state index contributed by atoms with van der Waals surface area (Å²) in [5, 5.41) is 22.2. The summed E-state index contributed by atoms with van der Waals surface area (Å²) in [7, 11) is 0. The van der Waals surface area contributed by atoms with Gasteiger partial charge in [-0.2, -0.15) is 11.8 Å². The van der Waals surface area contributed by atoms with Crippen molar-refractivity contribution in [3.8, 4) is 0 Å². The van der Waals surface area contributed by atoms with Crippen molar-refractivity contribution in [3.63, 3.8) is 0 Å². The monoisotopic (exact) mass is 292 g/mol. The topological polar surface area (TPSA) is 116 Å². The van der Waals surface area contributed by atoms with Crippen molar-refractivity contribution in [1.29, 1.82) is 0 Å². The minimum atomic E-state index is -1.25. The third kappa shape index (κ3) is 8.30. The molecule has 110 valence electrons. The number of rotatable bonds is 8. The van der Waals surface area contributed by atoms with Crippen LogP contribution >= 0.6 is 11.8 Å². The lowest BCUT2D eigenvalue weighted by Crippen LogP contribution is -2.48. The summed E-state index contributed by atoms with van der Waals surface area (Å²) in [6, 6.07) is -1.81. The molecule has 7 nitrogen and oxygen atoms in total. The summed E-state index contributed by atoms with van der Waals surface area (Å²) in [4.78, 5) is 32.8. The molecule has 0 aliphatic carbocycles. The maximum absolute atomic E-state index is 11.5. The lowest BCUT2D eigenvalue weighted by molar-refractivity contribution is -0.140. The highest BCUT2D eigenvalue weighted by molar-refractivity contribution is 7.99. The van der Waals surface area contributed by atoms with E-state index in [2.05, 4.69) is 10.6 Å². The van der Waals surface area contributed by atoms with E-state index >= 15 is 0 Å². The van der Waals surface area contributed by atoms with Crippen LogP contribution in [0, 0.1) is 0 Å². The van der Waals surface area contributed by atoms with Crippen LogP contribution in [0.3, 0.4) is 0 Å². The molecule has 8 heteroatoms. The highest BCUT2D eigenvalue weighted by Crippen LogP contribution is 2.19. The maximum atomic E-state index is 11.5. The molecule has 19 heavy (non-hydrogen) atoms. The van der Waals surface area contributed by atoms with E-state index in [0.717, 1.165) is 0 Å². The molecule has 0 heterocycles. The van der Waals surface area contributed by atoms with Gasteiger partial charge in [0.2, 0.25) is 0 Å². The minimum absolute atomic E-state index is 0.149. The Balaban J connectivity index is 4.25. The Morgan fingerprint density at radius 3 is 2.26 bits per heavy atom. The van der Waals surface area contributed by atoms with Gasteiger partial charge in [-0.15, -0.1) is 0 Å². The number of carboxylic acid groups (broad SMARTS) is 2. The van der Waals surface area contributed by atoms with Gasteiger partial charge in [0.15, 0.2) is 0 Å². The first-order chi connectivity index (χ1) is 8.68. The summed E-state index contributed by atoms with van der Waals surface area (Å²) in [6.07, 6.45) is 1.45.